The third-order valence-corrected chi connectivity index (χ3v) is 3.50. The number of aliphatic hydroxyl groups excluding tert-OH is 1. The third kappa shape index (κ3) is 2.18. The van der Waals surface area contributed by atoms with Crippen LogP contribution < -0.4 is 0 Å². The lowest BCUT2D eigenvalue weighted by Gasteiger charge is -2.08. The minimum Gasteiger partial charge on any atom is -0.392 e. The van der Waals surface area contributed by atoms with E-state index in [1.54, 1.807) is 0 Å². The van der Waals surface area contributed by atoms with E-state index in [9.17, 15) is 5.11 Å². The molecule has 0 atom stereocenters. The highest BCUT2D eigenvalue weighted by Crippen LogP contribution is 2.20. The highest BCUT2D eigenvalue weighted by molar-refractivity contribution is 5.81. The SMILES string of the molecule is N#Cc1ccccc1Cn1ccc2ccc(CO)cc21. The summed E-state index contributed by atoms with van der Waals surface area (Å²) in [4.78, 5) is 0. The molecule has 0 bridgehead atoms. The zero-order valence-corrected chi connectivity index (χ0v) is 11.0. The van der Waals surface area contributed by atoms with Crippen molar-refractivity contribution >= 4 is 10.9 Å². The maximum absolute atomic E-state index is 9.25. The first-order valence-electron chi connectivity index (χ1n) is 6.48. The van der Waals surface area contributed by atoms with Gasteiger partial charge in [-0.05, 0) is 34.7 Å². The fourth-order valence-electron chi connectivity index (χ4n) is 2.42. The Kier molecular flexibility index (Phi) is 3.24. The van der Waals surface area contributed by atoms with Crippen LogP contribution in [0.2, 0.25) is 0 Å². The first-order valence-corrected chi connectivity index (χ1v) is 6.48. The van der Waals surface area contributed by atoms with Crippen molar-refractivity contribution in [2.45, 2.75) is 13.2 Å². The number of hydrogen-bond donors (Lipinski definition) is 1. The first-order chi connectivity index (χ1) is 9.81. The molecule has 1 N–H and O–H groups in total. The van der Waals surface area contributed by atoms with E-state index < -0.39 is 0 Å². The van der Waals surface area contributed by atoms with Crippen LogP contribution in [0.25, 0.3) is 10.9 Å². The van der Waals surface area contributed by atoms with Gasteiger partial charge in [-0.25, -0.2) is 0 Å². The van der Waals surface area contributed by atoms with Crippen LogP contribution in [0.3, 0.4) is 0 Å². The van der Waals surface area contributed by atoms with Gasteiger partial charge in [-0.3, -0.25) is 0 Å². The molecule has 0 amide bonds. The van der Waals surface area contributed by atoms with E-state index in [-0.39, 0.29) is 6.61 Å². The van der Waals surface area contributed by atoms with E-state index in [4.69, 9.17) is 5.26 Å². The van der Waals surface area contributed by atoms with Crippen LogP contribution in [0, 0.1) is 11.3 Å². The molecule has 0 spiro atoms. The second-order valence-electron chi connectivity index (χ2n) is 4.76. The normalized spacial score (nSPS) is 10.6. The van der Waals surface area contributed by atoms with Crippen molar-refractivity contribution < 1.29 is 5.11 Å². The second-order valence-corrected chi connectivity index (χ2v) is 4.76. The Bertz CT molecular complexity index is 796. The molecular formula is C17H14N2O. The molecule has 20 heavy (non-hydrogen) atoms. The molecule has 1 heterocycles. The van der Waals surface area contributed by atoms with Gasteiger partial charge in [0.2, 0.25) is 0 Å². The van der Waals surface area contributed by atoms with Gasteiger partial charge in [0.15, 0.2) is 0 Å². The van der Waals surface area contributed by atoms with Crippen molar-refractivity contribution in [2.24, 2.45) is 0 Å². The van der Waals surface area contributed by atoms with E-state index in [2.05, 4.69) is 10.6 Å². The highest BCUT2D eigenvalue weighted by Gasteiger charge is 2.06. The van der Waals surface area contributed by atoms with Gasteiger partial charge in [0.25, 0.3) is 0 Å². The van der Waals surface area contributed by atoms with Gasteiger partial charge in [0.1, 0.15) is 0 Å². The summed E-state index contributed by atoms with van der Waals surface area (Å²) < 4.78 is 2.10. The van der Waals surface area contributed by atoms with Crippen LogP contribution >= 0.6 is 0 Å². The number of aliphatic hydroxyl groups is 1. The highest BCUT2D eigenvalue weighted by atomic mass is 16.3. The van der Waals surface area contributed by atoms with E-state index in [1.165, 1.54) is 0 Å². The van der Waals surface area contributed by atoms with Crippen molar-refractivity contribution in [2.75, 3.05) is 0 Å². The Morgan fingerprint density at radius 3 is 2.75 bits per heavy atom. The first kappa shape index (κ1) is 12.5. The molecule has 3 rings (SSSR count). The summed E-state index contributed by atoms with van der Waals surface area (Å²) in [6, 6.07) is 17.8. The molecule has 0 aliphatic carbocycles. The zero-order chi connectivity index (χ0) is 13.9. The van der Waals surface area contributed by atoms with E-state index >= 15 is 0 Å². The number of nitriles is 1. The van der Waals surface area contributed by atoms with Crippen LogP contribution in [0.15, 0.2) is 54.7 Å². The van der Waals surface area contributed by atoms with Gasteiger partial charge in [-0.15, -0.1) is 0 Å². The predicted molar refractivity (Wildman–Crippen MR) is 78.1 cm³/mol. The summed E-state index contributed by atoms with van der Waals surface area (Å²) in [5.74, 6) is 0. The molecule has 3 aromatic rings. The number of aromatic nitrogens is 1. The van der Waals surface area contributed by atoms with Gasteiger partial charge in [0.05, 0.1) is 18.2 Å². The van der Waals surface area contributed by atoms with Crippen molar-refractivity contribution in [3.8, 4) is 6.07 Å². The molecule has 0 aliphatic heterocycles. The molecule has 0 saturated heterocycles. The predicted octanol–water partition coefficient (Wildman–Crippen LogP) is 3.05. The van der Waals surface area contributed by atoms with E-state index in [0.29, 0.717) is 12.1 Å². The van der Waals surface area contributed by atoms with Gasteiger partial charge in [-0.1, -0.05) is 30.3 Å². The molecule has 0 radical (unpaired) electrons. The van der Waals surface area contributed by atoms with Crippen molar-refractivity contribution in [3.63, 3.8) is 0 Å². The van der Waals surface area contributed by atoms with Crippen LogP contribution in [0.4, 0.5) is 0 Å². The Morgan fingerprint density at radius 2 is 1.95 bits per heavy atom. The summed E-state index contributed by atoms with van der Waals surface area (Å²) in [7, 11) is 0. The lowest BCUT2D eigenvalue weighted by Crippen LogP contribution is -2.00. The quantitative estimate of drug-likeness (QED) is 0.788. The van der Waals surface area contributed by atoms with Crippen LogP contribution in [0.1, 0.15) is 16.7 Å². The maximum atomic E-state index is 9.25. The monoisotopic (exact) mass is 262 g/mol. The molecule has 98 valence electrons. The standard InChI is InChI=1S/C17H14N2O/c18-10-15-3-1-2-4-16(15)11-19-8-7-14-6-5-13(12-20)9-17(14)19/h1-9,20H,11-12H2. The lowest BCUT2D eigenvalue weighted by atomic mass is 10.1. The fourth-order valence-corrected chi connectivity index (χ4v) is 2.42. The number of hydrogen-bond acceptors (Lipinski definition) is 2. The third-order valence-electron chi connectivity index (χ3n) is 3.50. The van der Waals surface area contributed by atoms with E-state index in [0.717, 1.165) is 22.0 Å². The minimum absolute atomic E-state index is 0.0376. The lowest BCUT2D eigenvalue weighted by molar-refractivity contribution is 0.282. The van der Waals surface area contributed by atoms with Crippen LogP contribution in [-0.4, -0.2) is 9.67 Å². The molecule has 3 heteroatoms. The summed E-state index contributed by atoms with van der Waals surface area (Å²) in [5.41, 5.74) is 3.67. The summed E-state index contributed by atoms with van der Waals surface area (Å²) in [5, 5.41) is 19.5. The Morgan fingerprint density at radius 1 is 1.10 bits per heavy atom. The maximum Gasteiger partial charge on any atom is 0.0995 e. The molecule has 0 aliphatic rings. The molecule has 1 aromatic heterocycles. The van der Waals surface area contributed by atoms with Crippen LogP contribution in [0.5, 0.6) is 0 Å². The summed E-state index contributed by atoms with van der Waals surface area (Å²) >= 11 is 0. The van der Waals surface area contributed by atoms with Gasteiger partial charge >= 0.3 is 0 Å². The smallest absolute Gasteiger partial charge is 0.0995 e. The van der Waals surface area contributed by atoms with E-state index in [1.807, 2.05) is 54.7 Å². The molecular weight excluding hydrogens is 248 g/mol. The molecule has 3 nitrogen and oxygen atoms in total. The Hall–Kier alpha value is -2.57. The van der Waals surface area contributed by atoms with Gasteiger partial charge < -0.3 is 9.67 Å². The number of nitrogens with zero attached hydrogens (tertiary/aromatic N) is 2. The zero-order valence-electron chi connectivity index (χ0n) is 11.0. The average molecular weight is 262 g/mol. The van der Waals surface area contributed by atoms with Crippen molar-refractivity contribution in [1.29, 1.82) is 5.26 Å². The number of benzene rings is 2. The summed E-state index contributed by atoms with van der Waals surface area (Å²) in [6.07, 6.45) is 2.01. The van der Waals surface area contributed by atoms with Gasteiger partial charge in [0, 0.05) is 18.3 Å². The number of rotatable bonds is 3. The molecule has 2 aromatic carbocycles. The Labute approximate surface area is 117 Å². The molecule has 0 unspecified atom stereocenters. The summed E-state index contributed by atoms with van der Waals surface area (Å²) in [6.45, 7) is 0.692. The minimum atomic E-state index is 0.0376. The van der Waals surface area contributed by atoms with Crippen molar-refractivity contribution in [1.82, 2.24) is 4.57 Å². The van der Waals surface area contributed by atoms with Gasteiger partial charge in [-0.2, -0.15) is 5.26 Å². The number of fused-ring (bicyclic) bond motifs is 1. The fraction of sp³-hybridized carbons (Fsp3) is 0.118. The Balaban J connectivity index is 2.05. The second kappa shape index (κ2) is 5.20. The molecule has 0 saturated carbocycles. The molecule has 0 fully saturated rings. The average Bonchev–Trinajstić information content (AvgIpc) is 2.90. The topological polar surface area (TPSA) is 49.0 Å². The largest absolute Gasteiger partial charge is 0.392 e. The van der Waals surface area contributed by atoms with Crippen molar-refractivity contribution in [3.05, 3.63) is 71.4 Å². The van der Waals surface area contributed by atoms with Crippen LogP contribution in [-0.2, 0) is 13.2 Å².